The first-order valence-corrected chi connectivity index (χ1v) is 6.54. The van der Waals surface area contributed by atoms with Crippen LogP contribution in [0.15, 0.2) is 30.3 Å². The fourth-order valence-corrected chi connectivity index (χ4v) is 2.85. The predicted octanol–water partition coefficient (Wildman–Crippen LogP) is 2.60. The van der Waals surface area contributed by atoms with Crippen LogP contribution in [0.4, 0.5) is 0 Å². The number of rotatable bonds is 1. The third-order valence-electron chi connectivity index (χ3n) is 3.29. The van der Waals surface area contributed by atoms with Gasteiger partial charge in [0.1, 0.15) is 4.75 Å². The van der Waals surface area contributed by atoms with Crippen LogP contribution in [0.5, 0.6) is 0 Å². The highest BCUT2D eigenvalue weighted by Gasteiger charge is 2.42. The van der Waals surface area contributed by atoms with Gasteiger partial charge in [-0.1, -0.05) is 30.3 Å². The molecule has 1 unspecified atom stereocenters. The van der Waals surface area contributed by atoms with E-state index in [0.717, 1.165) is 11.1 Å². The van der Waals surface area contributed by atoms with E-state index in [2.05, 4.69) is 0 Å². The van der Waals surface area contributed by atoms with E-state index in [1.165, 1.54) is 0 Å². The van der Waals surface area contributed by atoms with Crippen LogP contribution >= 0.6 is 0 Å². The minimum absolute atomic E-state index is 0.314. The molecule has 0 aliphatic heterocycles. The van der Waals surface area contributed by atoms with E-state index in [0.29, 0.717) is 12.0 Å². The monoisotopic (exact) mass is 238 g/mol. The van der Waals surface area contributed by atoms with Crippen LogP contribution in [0.1, 0.15) is 31.4 Å². The largest absolute Gasteiger partial charge is 0.285 e. The number of allylic oxidation sites excluding steroid dienone is 2. The highest BCUT2D eigenvalue weighted by molar-refractivity contribution is 7.86. The zero-order chi connectivity index (χ0) is 12.0. The molecule has 16 heavy (non-hydrogen) atoms. The molecule has 0 fully saturated rings. The number of hydrogen-bond donors (Lipinski definition) is 1. The van der Waals surface area contributed by atoms with Crippen LogP contribution in [0.25, 0.3) is 5.57 Å². The normalized spacial score (nSPS) is 24.8. The minimum atomic E-state index is -4.11. The SMILES string of the molecule is CC1=CCC(C)(S(=O)(=O)O)c2ccccc21. The molecule has 0 radical (unpaired) electrons. The Bertz CT molecular complexity index is 557. The van der Waals surface area contributed by atoms with Crippen molar-refractivity contribution >= 4 is 15.7 Å². The molecule has 0 bridgehead atoms. The van der Waals surface area contributed by atoms with Crippen molar-refractivity contribution in [3.63, 3.8) is 0 Å². The summed E-state index contributed by atoms with van der Waals surface area (Å²) in [6, 6.07) is 7.30. The first-order chi connectivity index (χ1) is 7.36. The molecule has 1 N–H and O–H groups in total. The molecule has 1 atom stereocenters. The zero-order valence-electron chi connectivity index (χ0n) is 9.27. The van der Waals surface area contributed by atoms with Crippen LogP contribution in [0, 0.1) is 0 Å². The predicted molar refractivity (Wildman–Crippen MR) is 63.6 cm³/mol. The van der Waals surface area contributed by atoms with Crippen molar-refractivity contribution in [3.05, 3.63) is 41.5 Å². The Kier molecular flexibility index (Phi) is 2.44. The highest BCUT2D eigenvalue weighted by atomic mass is 32.2. The van der Waals surface area contributed by atoms with E-state index in [1.54, 1.807) is 19.1 Å². The van der Waals surface area contributed by atoms with E-state index in [-0.39, 0.29) is 0 Å². The van der Waals surface area contributed by atoms with E-state index in [1.807, 2.05) is 25.1 Å². The van der Waals surface area contributed by atoms with Gasteiger partial charge in [-0.25, -0.2) is 0 Å². The second-order valence-electron chi connectivity index (χ2n) is 4.34. The summed E-state index contributed by atoms with van der Waals surface area (Å²) in [5.74, 6) is 0. The first-order valence-electron chi connectivity index (χ1n) is 5.10. The Morgan fingerprint density at radius 3 is 2.56 bits per heavy atom. The fraction of sp³-hybridized carbons (Fsp3) is 0.333. The third kappa shape index (κ3) is 1.49. The van der Waals surface area contributed by atoms with Gasteiger partial charge in [-0.2, -0.15) is 8.42 Å². The number of hydrogen-bond acceptors (Lipinski definition) is 2. The summed E-state index contributed by atoms with van der Waals surface area (Å²) in [4.78, 5) is 0. The van der Waals surface area contributed by atoms with Crippen molar-refractivity contribution in [1.82, 2.24) is 0 Å². The molecule has 1 aliphatic rings. The maximum absolute atomic E-state index is 11.5. The van der Waals surface area contributed by atoms with Crippen LogP contribution in [0.2, 0.25) is 0 Å². The third-order valence-corrected chi connectivity index (χ3v) is 4.81. The van der Waals surface area contributed by atoms with Gasteiger partial charge in [-0.15, -0.1) is 0 Å². The van der Waals surface area contributed by atoms with Gasteiger partial charge in [0, 0.05) is 0 Å². The van der Waals surface area contributed by atoms with Crippen LogP contribution < -0.4 is 0 Å². The summed E-state index contributed by atoms with van der Waals surface area (Å²) >= 11 is 0. The molecule has 86 valence electrons. The Morgan fingerprint density at radius 2 is 1.94 bits per heavy atom. The van der Waals surface area contributed by atoms with Crippen LogP contribution in [-0.2, 0) is 14.9 Å². The molecular formula is C12H14O3S. The summed E-state index contributed by atoms with van der Waals surface area (Å²) in [6.07, 6.45) is 2.17. The van der Waals surface area contributed by atoms with Gasteiger partial charge in [-0.3, -0.25) is 4.55 Å². The molecule has 1 aromatic carbocycles. The first kappa shape index (κ1) is 11.4. The molecule has 1 aliphatic carbocycles. The van der Waals surface area contributed by atoms with E-state index in [9.17, 15) is 13.0 Å². The maximum atomic E-state index is 11.5. The van der Waals surface area contributed by atoms with Crippen molar-refractivity contribution in [1.29, 1.82) is 0 Å². The summed E-state index contributed by atoms with van der Waals surface area (Å²) in [5, 5.41) is 0. The standard InChI is InChI=1S/C12H14O3S/c1-9-7-8-12(2,16(13,14)15)11-6-4-3-5-10(9)11/h3-7H,8H2,1-2H3,(H,13,14,15). The van der Waals surface area contributed by atoms with Crippen molar-refractivity contribution in [2.75, 3.05) is 0 Å². The molecule has 0 saturated heterocycles. The molecule has 0 aromatic heterocycles. The number of benzene rings is 1. The minimum Gasteiger partial charge on any atom is -0.285 e. The molecule has 1 aromatic rings. The molecule has 0 saturated carbocycles. The van der Waals surface area contributed by atoms with Gasteiger partial charge in [-0.05, 0) is 37.0 Å². The molecule has 0 heterocycles. The van der Waals surface area contributed by atoms with Gasteiger partial charge >= 0.3 is 0 Å². The topological polar surface area (TPSA) is 54.4 Å². The van der Waals surface area contributed by atoms with E-state index >= 15 is 0 Å². The highest BCUT2D eigenvalue weighted by Crippen LogP contribution is 2.41. The Balaban J connectivity index is 2.74. The summed E-state index contributed by atoms with van der Waals surface area (Å²) < 4.78 is 31.2. The molecule has 4 heteroatoms. The van der Waals surface area contributed by atoms with Crippen molar-refractivity contribution in [3.8, 4) is 0 Å². The van der Waals surface area contributed by atoms with E-state index < -0.39 is 14.9 Å². The average Bonchev–Trinajstić information content (AvgIpc) is 2.23. The van der Waals surface area contributed by atoms with Crippen LogP contribution in [-0.4, -0.2) is 13.0 Å². The molecule has 0 amide bonds. The molecular weight excluding hydrogens is 224 g/mol. The quantitative estimate of drug-likeness (QED) is 0.765. The summed E-state index contributed by atoms with van der Waals surface area (Å²) in [7, 11) is -4.11. The maximum Gasteiger partial charge on any atom is 0.274 e. The second kappa shape index (κ2) is 3.43. The average molecular weight is 238 g/mol. The Labute approximate surface area is 95.6 Å². The Morgan fingerprint density at radius 1 is 1.31 bits per heavy atom. The smallest absolute Gasteiger partial charge is 0.274 e. The van der Waals surface area contributed by atoms with Crippen molar-refractivity contribution < 1.29 is 13.0 Å². The van der Waals surface area contributed by atoms with Crippen LogP contribution in [0.3, 0.4) is 0 Å². The lowest BCUT2D eigenvalue weighted by Crippen LogP contribution is -2.34. The Hall–Kier alpha value is -1.13. The number of fused-ring (bicyclic) bond motifs is 1. The molecule has 3 nitrogen and oxygen atoms in total. The lowest BCUT2D eigenvalue weighted by Gasteiger charge is -2.31. The van der Waals surface area contributed by atoms with Crippen molar-refractivity contribution in [2.45, 2.75) is 25.0 Å². The summed E-state index contributed by atoms with van der Waals surface area (Å²) in [6.45, 7) is 3.51. The zero-order valence-corrected chi connectivity index (χ0v) is 10.1. The van der Waals surface area contributed by atoms with Gasteiger partial charge in [0.05, 0.1) is 0 Å². The lowest BCUT2D eigenvalue weighted by atomic mass is 9.84. The van der Waals surface area contributed by atoms with E-state index in [4.69, 9.17) is 0 Å². The van der Waals surface area contributed by atoms with Gasteiger partial charge < -0.3 is 0 Å². The second-order valence-corrected chi connectivity index (χ2v) is 6.19. The lowest BCUT2D eigenvalue weighted by molar-refractivity contribution is 0.435. The van der Waals surface area contributed by atoms with Gasteiger partial charge in [0.15, 0.2) is 0 Å². The summed E-state index contributed by atoms with van der Waals surface area (Å²) in [5.41, 5.74) is 2.63. The fourth-order valence-electron chi connectivity index (χ4n) is 2.10. The molecule has 0 spiro atoms. The molecule has 2 rings (SSSR count). The van der Waals surface area contributed by atoms with Gasteiger partial charge in [0.2, 0.25) is 0 Å². The van der Waals surface area contributed by atoms with Crippen molar-refractivity contribution in [2.24, 2.45) is 0 Å². The van der Waals surface area contributed by atoms with Gasteiger partial charge in [0.25, 0.3) is 10.1 Å².